The highest BCUT2D eigenvalue weighted by Gasteiger charge is 2.50. The predicted octanol–water partition coefficient (Wildman–Crippen LogP) is 5.08. The molecule has 0 amide bonds. The van der Waals surface area contributed by atoms with E-state index in [0.717, 1.165) is 11.4 Å². The number of benzene rings is 1. The van der Waals surface area contributed by atoms with Crippen LogP contribution < -0.4 is 0 Å². The SMILES string of the molecule is [C-]#[N+]c1cnc2c(ccn2COCC[Si](C)(C)C)c1-c1cnn(C2(CC#N)CN(S(=O)(=O)c3ccccc3)C2)c1. The second-order valence-corrected chi connectivity index (χ2v) is 18.9. The van der Waals surface area contributed by atoms with Crippen molar-refractivity contribution in [2.45, 2.75) is 49.3 Å². The van der Waals surface area contributed by atoms with E-state index in [-0.39, 0.29) is 24.4 Å². The van der Waals surface area contributed by atoms with Crippen LogP contribution in [0.25, 0.3) is 27.0 Å². The quantitative estimate of drug-likeness (QED) is 0.149. The molecule has 0 radical (unpaired) electrons. The minimum absolute atomic E-state index is 0.0987. The minimum atomic E-state index is -3.68. The van der Waals surface area contributed by atoms with Crippen LogP contribution in [0, 0.1) is 17.9 Å². The molecule has 206 valence electrons. The molecule has 3 aromatic heterocycles. The smallest absolute Gasteiger partial charge is 0.243 e. The van der Waals surface area contributed by atoms with Crippen molar-refractivity contribution in [2.24, 2.45) is 0 Å². The summed E-state index contributed by atoms with van der Waals surface area (Å²) in [6.07, 6.45) is 7.03. The molecule has 0 N–H and O–H groups in total. The normalized spacial score (nSPS) is 15.4. The summed E-state index contributed by atoms with van der Waals surface area (Å²) in [6, 6.07) is 13.5. The van der Waals surface area contributed by atoms with E-state index in [1.807, 2.05) is 16.8 Å². The van der Waals surface area contributed by atoms with E-state index in [0.29, 0.717) is 35.8 Å². The molecule has 0 unspecified atom stereocenters. The van der Waals surface area contributed by atoms with Crippen molar-refractivity contribution in [2.75, 3.05) is 19.7 Å². The van der Waals surface area contributed by atoms with Gasteiger partial charge in [0.15, 0.2) is 0 Å². The molecule has 4 heterocycles. The van der Waals surface area contributed by atoms with Crippen LogP contribution in [-0.4, -0.2) is 59.8 Å². The Morgan fingerprint density at radius 1 is 1.18 bits per heavy atom. The predicted molar refractivity (Wildman–Crippen MR) is 155 cm³/mol. The van der Waals surface area contributed by atoms with Gasteiger partial charge in [0.2, 0.25) is 15.7 Å². The fourth-order valence-electron chi connectivity index (χ4n) is 4.88. The number of pyridine rings is 1. The van der Waals surface area contributed by atoms with E-state index in [2.05, 4.69) is 40.6 Å². The third-order valence-electron chi connectivity index (χ3n) is 7.20. The summed E-state index contributed by atoms with van der Waals surface area (Å²) in [5.74, 6) is 0. The standard InChI is InChI=1S/C28H31N7O3SSi/c1-30-25-17-31-27-24(10-13-33(27)21-38-14-15-40(2,3)4)26(25)22-16-32-35(18-22)28(11-12-29)19-34(20-28)39(36,37)23-8-6-5-7-9-23/h5-10,13,16-18H,11,14-15,19-21H2,2-4H3. The van der Waals surface area contributed by atoms with E-state index in [1.54, 1.807) is 53.6 Å². The average molecular weight is 574 g/mol. The maximum atomic E-state index is 13.1. The van der Waals surface area contributed by atoms with Crippen LogP contribution in [0.1, 0.15) is 6.42 Å². The first-order valence-corrected chi connectivity index (χ1v) is 18.1. The zero-order chi connectivity index (χ0) is 28.5. The monoisotopic (exact) mass is 573 g/mol. The van der Waals surface area contributed by atoms with Gasteiger partial charge in [0, 0.05) is 62.9 Å². The van der Waals surface area contributed by atoms with Crippen molar-refractivity contribution in [3.8, 4) is 17.2 Å². The maximum absolute atomic E-state index is 13.1. The van der Waals surface area contributed by atoms with Crippen molar-refractivity contribution in [1.29, 1.82) is 5.26 Å². The number of aromatic nitrogens is 4. The molecule has 0 saturated carbocycles. The van der Waals surface area contributed by atoms with Crippen molar-refractivity contribution < 1.29 is 13.2 Å². The molecule has 1 aliphatic rings. The molecule has 10 nitrogen and oxygen atoms in total. The van der Waals surface area contributed by atoms with Gasteiger partial charge in [-0.15, -0.1) is 0 Å². The summed E-state index contributed by atoms with van der Waals surface area (Å²) >= 11 is 0. The summed E-state index contributed by atoms with van der Waals surface area (Å²) in [6.45, 7) is 16.0. The Morgan fingerprint density at radius 2 is 1.93 bits per heavy atom. The van der Waals surface area contributed by atoms with Crippen LogP contribution in [-0.2, 0) is 27.0 Å². The van der Waals surface area contributed by atoms with Crippen LogP contribution in [0.15, 0.2) is 66.1 Å². The van der Waals surface area contributed by atoms with Crippen molar-refractivity contribution >= 4 is 34.8 Å². The molecule has 40 heavy (non-hydrogen) atoms. The number of ether oxygens (including phenoxy) is 1. The first kappa shape index (κ1) is 27.7. The molecule has 5 rings (SSSR count). The van der Waals surface area contributed by atoms with E-state index in [4.69, 9.17) is 11.3 Å². The Bertz CT molecular complexity index is 1720. The molecule has 0 atom stereocenters. The molecule has 4 aromatic rings. The highest BCUT2D eigenvalue weighted by Crippen LogP contribution is 2.40. The summed E-state index contributed by atoms with van der Waals surface area (Å²) < 4.78 is 37.1. The molecule has 0 spiro atoms. The number of fused-ring (bicyclic) bond motifs is 1. The molecule has 12 heteroatoms. The van der Waals surface area contributed by atoms with Gasteiger partial charge in [-0.05, 0) is 24.2 Å². The van der Waals surface area contributed by atoms with Gasteiger partial charge in [0.05, 0.1) is 30.2 Å². The number of sulfonamides is 1. The largest absolute Gasteiger partial charge is 0.361 e. The molecular formula is C28H31N7O3SSi. The third kappa shape index (κ3) is 5.19. The second-order valence-electron chi connectivity index (χ2n) is 11.3. The fourth-order valence-corrected chi connectivity index (χ4v) is 7.26. The Hall–Kier alpha value is -3.81. The number of hydrogen-bond donors (Lipinski definition) is 0. The maximum Gasteiger partial charge on any atom is 0.243 e. The molecule has 0 aliphatic carbocycles. The second kappa shape index (κ2) is 10.6. The molecule has 1 saturated heterocycles. The molecule has 1 fully saturated rings. The lowest BCUT2D eigenvalue weighted by Crippen LogP contribution is -2.64. The summed E-state index contributed by atoms with van der Waals surface area (Å²) in [5, 5.41) is 15.0. The molecule has 1 aliphatic heterocycles. The molecular weight excluding hydrogens is 543 g/mol. The Kier molecular flexibility index (Phi) is 7.38. The minimum Gasteiger partial charge on any atom is -0.361 e. The summed E-state index contributed by atoms with van der Waals surface area (Å²) in [4.78, 5) is 8.46. The van der Waals surface area contributed by atoms with Gasteiger partial charge in [-0.2, -0.15) is 14.7 Å². The van der Waals surface area contributed by atoms with Gasteiger partial charge in [-0.3, -0.25) is 4.68 Å². The van der Waals surface area contributed by atoms with Crippen LogP contribution in [0.4, 0.5) is 5.69 Å². The highest BCUT2D eigenvalue weighted by molar-refractivity contribution is 7.89. The number of nitriles is 1. The van der Waals surface area contributed by atoms with Crippen molar-refractivity contribution in [1.82, 2.24) is 23.6 Å². The van der Waals surface area contributed by atoms with Gasteiger partial charge in [-0.1, -0.05) is 37.8 Å². The molecule has 0 bridgehead atoms. The lowest BCUT2D eigenvalue weighted by atomic mass is 9.89. The Morgan fingerprint density at radius 3 is 2.60 bits per heavy atom. The fraction of sp³-hybridized carbons (Fsp3) is 0.357. The average Bonchev–Trinajstić information content (AvgIpc) is 3.55. The number of nitrogens with zero attached hydrogens (tertiary/aromatic N) is 7. The number of rotatable bonds is 10. The Labute approximate surface area is 235 Å². The van der Waals surface area contributed by atoms with Gasteiger partial charge < -0.3 is 9.30 Å². The van der Waals surface area contributed by atoms with Crippen molar-refractivity contribution in [3.05, 3.63) is 72.6 Å². The number of hydrogen-bond acceptors (Lipinski definition) is 6. The van der Waals surface area contributed by atoms with Crippen LogP contribution >= 0.6 is 0 Å². The Balaban J connectivity index is 1.42. The van der Waals surface area contributed by atoms with Gasteiger partial charge in [0.25, 0.3) is 0 Å². The zero-order valence-corrected chi connectivity index (χ0v) is 24.6. The van der Waals surface area contributed by atoms with E-state index in [1.165, 1.54) is 4.31 Å². The van der Waals surface area contributed by atoms with Gasteiger partial charge in [0.1, 0.15) is 17.9 Å². The lowest BCUT2D eigenvalue weighted by molar-refractivity contribution is 0.0717. The van der Waals surface area contributed by atoms with Gasteiger partial charge in [-0.25, -0.2) is 18.2 Å². The zero-order valence-electron chi connectivity index (χ0n) is 22.8. The lowest BCUT2D eigenvalue weighted by Gasteiger charge is -2.47. The topological polar surface area (TPSA) is 110 Å². The third-order valence-corrected chi connectivity index (χ3v) is 10.7. The van der Waals surface area contributed by atoms with E-state index < -0.39 is 23.6 Å². The van der Waals surface area contributed by atoms with Crippen molar-refractivity contribution in [3.63, 3.8) is 0 Å². The first-order chi connectivity index (χ1) is 19.1. The summed E-state index contributed by atoms with van der Waals surface area (Å²) in [7, 11) is -4.87. The first-order valence-electron chi connectivity index (χ1n) is 13.0. The highest BCUT2D eigenvalue weighted by atomic mass is 32.2. The summed E-state index contributed by atoms with van der Waals surface area (Å²) in [5.41, 5.74) is 1.71. The van der Waals surface area contributed by atoms with Crippen LogP contribution in [0.3, 0.4) is 0 Å². The van der Waals surface area contributed by atoms with Gasteiger partial charge >= 0.3 is 0 Å². The van der Waals surface area contributed by atoms with Crippen LogP contribution in [0.5, 0.6) is 0 Å². The van der Waals surface area contributed by atoms with E-state index in [9.17, 15) is 13.7 Å². The van der Waals surface area contributed by atoms with Crippen LogP contribution in [0.2, 0.25) is 25.7 Å². The van der Waals surface area contributed by atoms with E-state index >= 15 is 0 Å². The molecule has 1 aromatic carbocycles.